The Balaban J connectivity index is 1.46. The first kappa shape index (κ1) is 16.6. The summed E-state index contributed by atoms with van der Waals surface area (Å²) in [7, 11) is 0. The minimum absolute atomic E-state index is 0.555. The number of guanidine groups is 1. The molecule has 0 spiro atoms. The van der Waals surface area contributed by atoms with Crippen LogP contribution in [0.2, 0.25) is 0 Å². The molecule has 5 nitrogen and oxygen atoms in total. The highest BCUT2D eigenvalue weighted by Gasteiger charge is 2.14. The maximum Gasteiger partial charge on any atom is 0.191 e. The molecule has 1 aromatic heterocycles. The second-order valence-electron chi connectivity index (χ2n) is 6.00. The van der Waals surface area contributed by atoms with Gasteiger partial charge in [-0.15, -0.1) is 0 Å². The van der Waals surface area contributed by atoms with Crippen molar-refractivity contribution in [3.05, 3.63) is 59.5 Å². The molecular formula is C19H26N4O. The van der Waals surface area contributed by atoms with Crippen molar-refractivity contribution in [2.75, 3.05) is 26.2 Å². The van der Waals surface area contributed by atoms with E-state index in [4.69, 9.17) is 4.42 Å². The van der Waals surface area contributed by atoms with Gasteiger partial charge in [0.1, 0.15) is 12.3 Å². The molecule has 0 radical (unpaired) electrons. The van der Waals surface area contributed by atoms with Gasteiger partial charge in [0.05, 0.1) is 6.26 Å². The topological polar surface area (TPSA) is 52.8 Å². The zero-order valence-corrected chi connectivity index (χ0v) is 14.3. The van der Waals surface area contributed by atoms with E-state index in [-0.39, 0.29) is 0 Å². The minimum atomic E-state index is 0.555. The van der Waals surface area contributed by atoms with E-state index in [1.54, 1.807) is 6.26 Å². The quantitative estimate of drug-likeness (QED) is 0.632. The molecule has 0 saturated carbocycles. The van der Waals surface area contributed by atoms with Crippen molar-refractivity contribution in [3.8, 4) is 0 Å². The lowest BCUT2D eigenvalue weighted by atomic mass is 10.00. The van der Waals surface area contributed by atoms with Gasteiger partial charge in [0.25, 0.3) is 0 Å². The molecule has 2 N–H and O–H groups in total. The molecule has 1 aromatic carbocycles. The first-order valence-electron chi connectivity index (χ1n) is 8.69. The van der Waals surface area contributed by atoms with Crippen LogP contribution in [0.25, 0.3) is 0 Å². The molecular weight excluding hydrogens is 300 g/mol. The number of aliphatic imine (C=N–C) groups is 1. The molecule has 128 valence electrons. The molecule has 3 rings (SSSR count). The lowest BCUT2D eigenvalue weighted by molar-refractivity contribution is 0.258. The van der Waals surface area contributed by atoms with Crippen molar-refractivity contribution in [2.45, 2.75) is 26.4 Å². The summed E-state index contributed by atoms with van der Waals surface area (Å²) in [5.41, 5.74) is 2.96. The van der Waals surface area contributed by atoms with Crippen LogP contribution in [0.5, 0.6) is 0 Å². The van der Waals surface area contributed by atoms with Gasteiger partial charge in [-0.25, -0.2) is 4.99 Å². The molecule has 5 heteroatoms. The highest BCUT2D eigenvalue weighted by Crippen LogP contribution is 2.17. The fourth-order valence-corrected chi connectivity index (χ4v) is 2.98. The van der Waals surface area contributed by atoms with Gasteiger partial charge in [-0.2, -0.15) is 0 Å². The van der Waals surface area contributed by atoms with Crippen LogP contribution in [-0.2, 0) is 19.5 Å². The average Bonchev–Trinajstić information content (AvgIpc) is 3.13. The number of furan rings is 1. The Morgan fingerprint density at radius 2 is 2.04 bits per heavy atom. The second-order valence-corrected chi connectivity index (χ2v) is 6.00. The number of nitrogens with one attached hydrogen (secondary N) is 2. The Hall–Kier alpha value is -2.27. The summed E-state index contributed by atoms with van der Waals surface area (Å²) in [5, 5.41) is 6.69. The third kappa shape index (κ3) is 4.61. The maximum absolute atomic E-state index is 5.32. The third-order valence-electron chi connectivity index (χ3n) is 4.25. The van der Waals surface area contributed by atoms with E-state index in [0.717, 1.165) is 50.9 Å². The number of nitrogens with zero attached hydrogens (tertiary/aromatic N) is 2. The van der Waals surface area contributed by atoms with Crippen LogP contribution in [-0.4, -0.2) is 37.0 Å². The van der Waals surface area contributed by atoms with Crippen LogP contribution < -0.4 is 10.6 Å². The Kier molecular flexibility index (Phi) is 5.90. The summed E-state index contributed by atoms with van der Waals surface area (Å²) < 4.78 is 5.32. The molecule has 2 aromatic rings. The predicted molar refractivity (Wildman–Crippen MR) is 96.9 cm³/mol. The largest absolute Gasteiger partial charge is 0.467 e. The van der Waals surface area contributed by atoms with Gasteiger partial charge in [0.2, 0.25) is 0 Å². The molecule has 0 aliphatic carbocycles. The highest BCUT2D eigenvalue weighted by atomic mass is 16.3. The lowest BCUT2D eigenvalue weighted by Gasteiger charge is -2.28. The van der Waals surface area contributed by atoms with Crippen LogP contribution in [0.4, 0.5) is 0 Å². The monoisotopic (exact) mass is 326 g/mol. The molecule has 0 atom stereocenters. The molecule has 1 aliphatic rings. The van der Waals surface area contributed by atoms with Gasteiger partial charge in [-0.3, -0.25) is 4.90 Å². The van der Waals surface area contributed by atoms with Crippen molar-refractivity contribution < 1.29 is 4.42 Å². The van der Waals surface area contributed by atoms with Gasteiger partial charge in [-0.05, 0) is 36.6 Å². The number of benzene rings is 1. The summed E-state index contributed by atoms with van der Waals surface area (Å²) >= 11 is 0. The van der Waals surface area contributed by atoms with E-state index in [2.05, 4.69) is 51.7 Å². The van der Waals surface area contributed by atoms with Crippen LogP contribution in [0.15, 0.2) is 52.1 Å². The predicted octanol–water partition coefficient (Wildman–Crippen LogP) is 2.39. The van der Waals surface area contributed by atoms with E-state index in [9.17, 15) is 0 Å². The fourth-order valence-electron chi connectivity index (χ4n) is 2.98. The van der Waals surface area contributed by atoms with Crippen molar-refractivity contribution in [3.63, 3.8) is 0 Å². The van der Waals surface area contributed by atoms with Crippen LogP contribution in [0.3, 0.4) is 0 Å². The molecule has 2 heterocycles. The van der Waals surface area contributed by atoms with Gasteiger partial charge in [0.15, 0.2) is 5.96 Å². The number of rotatable bonds is 6. The molecule has 1 aliphatic heterocycles. The van der Waals surface area contributed by atoms with E-state index in [1.165, 1.54) is 11.1 Å². The summed E-state index contributed by atoms with van der Waals surface area (Å²) in [4.78, 5) is 7.05. The smallest absolute Gasteiger partial charge is 0.191 e. The average molecular weight is 326 g/mol. The molecule has 0 saturated heterocycles. The van der Waals surface area contributed by atoms with E-state index in [0.29, 0.717) is 6.54 Å². The molecule has 24 heavy (non-hydrogen) atoms. The van der Waals surface area contributed by atoms with Gasteiger partial charge >= 0.3 is 0 Å². The maximum atomic E-state index is 5.32. The van der Waals surface area contributed by atoms with Gasteiger partial charge in [-0.1, -0.05) is 24.3 Å². The highest BCUT2D eigenvalue weighted by molar-refractivity contribution is 5.79. The Bertz CT molecular complexity index is 651. The van der Waals surface area contributed by atoms with Gasteiger partial charge in [0, 0.05) is 32.7 Å². The van der Waals surface area contributed by atoms with E-state index in [1.807, 2.05) is 12.1 Å². The fraction of sp³-hybridized carbons (Fsp3) is 0.421. The van der Waals surface area contributed by atoms with Crippen LogP contribution in [0, 0.1) is 0 Å². The Labute approximate surface area is 143 Å². The lowest BCUT2D eigenvalue weighted by Crippen LogP contribution is -2.42. The van der Waals surface area contributed by atoms with E-state index >= 15 is 0 Å². The summed E-state index contributed by atoms with van der Waals surface area (Å²) in [6, 6.07) is 12.6. The third-order valence-corrected chi connectivity index (χ3v) is 4.25. The van der Waals surface area contributed by atoms with Crippen molar-refractivity contribution in [1.82, 2.24) is 15.5 Å². The summed E-state index contributed by atoms with van der Waals surface area (Å²) in [5.74, 6) is 1.71. The zero-order chi connectivity index (χ0) is 16.6. The Morgan fingerprint density at radius 3 is 2.83 bits per heavy atom. The van der Waals surface area contributed by atoms with Crippen molar-refractivity contribution >= 4 is 5.96 Å². The van der Waals surface area contributed by atoms with Crippen LogP contribution in [0.1, 0.15) is 23.8 Å². The summed E-state index contributed by atoms with van der Waals surface area (Å²) in [6.45, 7) is 7.54. The first-order chi connectivity index (χ1) is 11.8. The standard InChI is InChI=1S/C19H26N4O/c1-2-20-19(22-14-18-8-5-13-24-18)21-10-12-23-11-9-16-6-3-4-7-17(16)15-23/h3-8,13H,2,9-12,14-15H2,1H3,(H2,20,21,22). The SMILES string of the molecule is CCNC(=NCc1ccco1)NCCN1CCc2ccccc2C1. The normalized spacial score (nSPS) is 15.1. The van der Waals surface area contributed by atoms with Gasteiger partial charge < -0.3 is 15.1 Å². The van der Waals surface area contributed by atoms with Crippen LogP contribution >= 0.6 is 0 Å². The molecule has 0 bridgehead atoms. The molecule has 0 unspecified atom stereocenters. The van der Waals surface area contributed by atoms with E-state index < -0.39 is 0 Å². The minimum Gasteiger partial charge on any atom is -0.467 e. The number of hydrogen-bond donors (Lipinski definition) is 2. The van der Waals surface area contributed by atoms with Crippen molar-refractivity contribution in [1.29, 1.82) is 0 Å². The zero-order valence-electron chi connectivity index (χ0n) is 14.3. The summed E-state index contributed by atoms with van der Waals surface area (Å²) in [6.07, 6.45) is 2.82. The first-order valence-corrected chi connectivity index (χ1v) is 8.69. The second kappa shape index (κ2) is 8.55. The Morgan fingerprint density at radius 1 is 1.17 bits per heavy atom. The number of fused-ring (bicyclic) bond motifs is 1. The molecule has 0 amide bonds. The number of hydrogen-bond acceptors (Lipinski definition) is 3. The van der Waals surface area contributed by atoms with Crippen molar-refractivity contribution in [2.24, 2.45) is 4.99 Å². The molecule has 0 fully saturated rings.